The Morgan fingerprint density at radius 2 is 1.96 bits per heavy atom. The van der Waals surface area contributed by atoms with Gasteiger partial charge in [0, 0.05) is 24.7 Å². The van der Waals surface area contributed by atoms with Crippen LogP contribution in [0.1, 0.15) is 30.1 Å². The molecular weight excluding hydrogens is 325 g/mol. The summed E-state index contributed by atoms with van der Waals surface area (Å²) in [6, 6.07) is 5.81. The molecule has 2 rings (SSSR count). The molecule has 5 nitrogen and oxygen atoms in total. The average molecular weight is 344 g/mol. The molecule has 1 heterocycles. The fourth-order valence-corrected chi connectivity index (χ4v) is 2.66. The van der Waals surface area contributed by atoms with E-state index in [4.69, 9.17) is 4.74 Å². The minimum atomic E-state index is -4.89. The van der Waals surface area contributed by atoms with Crippen molar-refractivity contribution in [3.8, 4) is 5.75 Å². The molecule has 1 aromatic rings. The van der Waals surface area contributed by atoms with Crippen LogP contribution in [0.3, 0.4) is 0 Å². The Labute approximate surface area is 137 Å². The fourth-order valence-electron chi connectivity index (χ4n) is 2.66. The van der Waals surface area contributed by atoms with Crippen molar-refractivity contribution in [2.45, 2.75) is 32.0 Å². The number of likely N-dealkylation sites (tertiary alicyclic amines) is 1. The molecule has 1 aliphatic heterocycles. The number of alkyl halides is 3. The standard InChI is InChI=1S/C16H19F3N2O3/c1-2-24-13-7-5-11(6-8-13)14(22)20-10-12-4-3-9-21(12)15(23)16(17,18)19/h5-8,12H,2-4,9-10H2,1H3,(H,20,22). The highest BCUT2D eigenvalue weighted by Gasteiger charge is 2.45. The van der Waals surface area contributed by atoms with E-state index in [0.717, 1.165) is 4.90 Å². The van der Waals surface area contributed by atoms with E-state index >= 15 is 0 Å². The van der Waals surface area contributed by atoms with E-state index in [1.54, 1.807) is 24.3 Å². The van der Waals surface area contributed by atoms with Crippen molar-refractivity contribution in [2.24, 2.45) is 0 Å². The maximum atomic E-state index is 12.5. The molecule has 0 bridgehead atoms. The van der Waals surface area contributed by atoms with Gasteiger partial charge in [-0.15, -0.1) is 0 Å². The minimum absolute atomic E-state index is 0.00609. The van der Waals surface area contributed by atoms with Gasteiger partial charge in [-0.2, -0.15) is 13.2 Å². The van der Waals surface area contributed by atoms with Gasteiger partial charge < -0.3 is 15.0 Å². The first kappa shape index (κ1) is 18.1. The van der Waals surface area contributed by atoms with Crippen LogP contribution in [-0.4, -0.2) is 48.6 Å². The van der Waals surface area contributed by atoms with Crippen LogP contribution in [0.2, 0.25) is 0 Å². The Morgan fingerprint density at radius 1 is 1.29 bits per heavy atom. The van der Waals surface area contributed by atoms with Crippen molar-refractivity contribution in [2.75, 3.05) is 19.7 Å². The molecule has 0 saturated carbocycles. The van der Waals surface area contributed by atoms with Crippen molar-refractivity contribution in [3.63, 3.8) is 0 Å². The van der Waals surface area contributed by atoms with E-state index in [9.17, 15) is 22.8 Å². The normalized spacial score (nSPS) is 17.7. The Bertz CT molecular complexity index is 587. The van der Waals surface area contributed by atoms with Gasteiger partial charge in [0.15, 0.2) is 0 Å². The number of ether oxygens (including phenoxy) is 1. The lowest BCUT2D eigenvalue weighted by Crippen LogP contribution is -2.48. The highest BCUT2D eigenvalue weighted by atomic mass is 19.4. The first-order valence-corrected chi connectivity index (χ1v) is 7.71. The molecule has 0 spiro atoms. The zero-order valence-electron chi connectivity index (χ0n) is 13.2. The summed E-state index contributed by atoms with van der Waals surface area (Å²) in [6.07, 6.45) is -3.96. The number of carbonyl (C=O) groups excluding carboxylic acids is 2. The average Bonchev–Trinajstić information content (AvgIpc) is 3.00. The van der Waals surface area contributed by atoms with Gasteiger partial charge in [0.25, 0.3) is 5.91 Å². The summed E-state index contributed by atoms with van der Waals surface area (Å²) in [5, 5.41) is 2.59. The molecule has 132 valence electrons. The molecule has 1 aromatic carbocycles. The first-order valence-electron chi connectivity index (χ1n) is 7.71. The van der Waals surface area contributed by atoms with Gasteiger partial charge in [-0.25, -0.2) is 0 Å². The molecular formula is C16H19F3N2O3. The fraction of sp³-hybridized carbons (Fsp3) is 0.500. The third-order valence-electron chi connectivity index (χ3n) is 3.81. The van der Waals surface area contributed by atoms with Crippen molar-refractivity contribution >= 4 is 11.8 Å². The van der Waals surface area contributed by atoms with Crippen LogP contribution in [-0.2, 0) is 4.79 Å². The molecule has 1 fully saturated rings. The van der Waals surface area contributed by atoms with E-state index < -0.39 is 24.0 Å². The maximum Gasteiger partial charge on any atom is 0.471 e. The number of rotatable bonds is 5. The first-order chi connectivity index (χ1) is 11.3. The van der Waals surface area contributed by atoms with Crippen LogP contribution in [0, 0.1) is 0 Å². The second kappa shape index (κ2) is 7.55. The van der Waals surface area contributed by atoms with Gasteiger partial charge in [-0.3, -0.25) is 9.59 Å². The molecule has 1 saturated heterocycles. The summed E-state index contributed by atoms with van der Waals surface area (Å²) in [5.41, 5.74) is 0.380. The van der Waals surface area contributed by atoms with Gasteiger partial charge in [0.2, 0.25) is 0 Å². The largest absolute Gasteiger partial charge is 0.494 e. The van der Waals surface area contributed by atoms with Crippen LogP contribution < -0.4 is 10.1 Å². The summed E-state index contributed by atoms with van der Waals surface area (Å²) >= 11 is 0. The van der Waals surface area contributed by atoms with Crippen LogP contribution in [0.5, 0.6) is 5.75 Å². The van der Waals surface area contributed by atoms with Gasteiger partial charge in [-0.05, 0) is 44.0 Å². The van der Waals surface area contributed by atoms with Gasteiger partial charge in [0.1, 0.15) is 5.75 Å². The molecule has 1 atom stereocenters. The number of nitrogens with zero attached hydrogens (tertiary/aromatic N) is 1. The maximum absolute atomic E-state index is 12.5. The van der Waals surface area contributed by atoms with Crippen LogP contribution in [0.4, 0.5) is 13.2 Å². The van der Waals surface area contributed by atoms with E-state index in [1.807, 2.05) is 6.92 Å². The lowest BCUT2D eigenvalue weighted by molar-refractivity contribution is -0.186. The molecule has 0 radical (unpaired) electrons. The topological polar surface area (TPSA) is 58.6 Å². The van der Waals surface area contributed by atoms with Crippen LogP contribution in [0.25, 0.3) is 0 Å². The summed E-state index contributed by atoms with van der Waals surface area (Å²) in [4.78, 5) is 24.2. The van der Waals surface area contributed by atoms with Crippen LogP contribution in [0.15, 0.2) is 24.3 Å². The van der Waals surface area contributed by atoms with Crippen molar-refractivity contribution < 1.29 is 27.5 Å². The van der Waals surface area contributed by atoms with E-state index in [-0.39, 0.29) is 13.1 Å². The predicted molar refractivity (Wildman–Crippen MR) is 80.7 cm³/mol. The van der Waals surface area contributed by atoms with Crippen molar-refractivity contribution in [1.29, 1.82) is 0 Å². The monoisotopic (exact) mass is 344 g/mol. The summed E-state index contributed by atoms with van der Waals surface area (Å²) in [5.74, 6) is -1.61. The highest BCUT2D eigenvalue weighted by molar-refractivity contribution is 5.94. The van der Waals surface area contributed by atoms with Gasteiger partial charge >= 0.3 is 12.1 Å². The number of amides is 2. The third kappa shape index (κ3) is 4.39. The van der Waals surface area contributed by atoms with E-state index in [2.05, 4.69) is 5.32 Å². The van der Waals surface area contributed by atoms with Crippen molar-refractivity contribution in [3.05, 3.63) is 29.8 Å². The lowest BCUT2D eigenvalue weighted by atomic mass is 10.2. The molecule has 1 N–H and O–H groups in total. The number of carbonyl (C=O) groups is 2. The quantitative estimate of drug-likeness (QED) is 0.892. The second-order valence-corrected chi connectivity index (χ2v) is 5.46. The van der Waals surface area contributed by atoms with E-state index in [0.29, 0.717) is 30.8 Å². The number of hydrogen-bond acceptors (Lipinski definition) is 3. The summed E-state index contributed by atoms with van der Waals surface area (Å²) in [6.45, 7) is 2.41. The highest BCUT2D eigenvalue weighted by Crippen LogP contribution is 2.25. The number of halogens is 3. The van der Waals surface area contributed by atoms with E-state index in [1.165, 1.54) is 0 Å². The summed E-state index contributed by atoms with van der Waals surface area (Å²) < 4.78 is 42.9. The number of nitrogens with one attached hydrogen (secondary N) is 1. The Hall–Kier alpha value is -2.25. The SMILES string of the molecule is CCOc1ccc(C(=O)NCC2CCCN2C(=O)C(F)(F)F)cc1. The predicted octanol–water partition coefficient (Wildman–Crippen LogP) is 2.37. The zero-order chi connectivity index (χ0) is 17.7. The lowest BCUT2D eigenvalue weighted by Gasteiger charge is -2.25. The van der Waals surface area contributed by atoms with Crippen LogP contribution >= 0.6 is 0 Å². The molecule has 8 heteroatoms. The molecule has 1 aliphatic rings. The molecule has 1 unspecified atom stereocenters. The third-order valence-corrected chi connectivity index (χ3v) is 3.81. The van der Waals surface area contributed by atoms with Gasteiger partial charge in [0.05, 0.1) is 6.61 Å². The zero-order valence-corrected chi connectivity index (χ0v) is 13.2. The minimum Gasteiger partial charge on any atom is -0.494 e. The molecule has 0 aliphatic carbocycles. The number of benzene rings is 1. The van der Waals surface area contributed by atoms with Crippen molar-refractivity contribution in [1.82, 2.24) is 10.2 Å². The Kier molecular flexibility index (Phi) is 5.69. The number of hydrogen-bond donors (Lipinski definition) is 1. The smallest absolute Gasteiger partial charge is 0.471 e. The Balaban J connectivity index is 1.92. The molecule has 0 aromatic heterocycles. The summed E-state index contributed by atoms with van der Waals surface area (Å²) in [7, 11) is 0. The molecule has 24 heavy (non-hydrogen) atoms. The Morgan fingerprint density at radius 3 is 2.54 bits per heavy atom. The second-order valence-electron chi connectivity index (χ2n) is 5.46. The molecule has 2 amide bonds. The van der Waals surface area contributed by atoms with Gasteiger partial charge in [-0.1, -0.05) is 0 Å².